The third-order valence-corrected chi connectivity index (χ3v) is 3.39. The van der Waals surface area contributed by atoms with Gasteiger partial charge in [0, 0.05) is 10.5 Å². The second-order valence-corrected chi connectivity index (χ2v) is 4.09. The van der Waals surface area contributed by atoms with Crippen molar-refractivity contribution < 1.29 is 0 Å². The van der Waals surface area contributed by atoms with Crippen molar-refractivity contribution in [1.29, 1.82) is 0 Å². The van der Waals surface area contributed by atoms with E-state index in [1.54, 1.807) is 11.3 Å². The number of thiophene rings is 1. The Morgan fingerprint density at radius 2 is 2.25 bits per heavy atom. The van der Waals surface area contributed by atoms with Gasteiger partial charge in [-0.25, -0.2) is 0 Å². The van der Waals surface area contributed by atoms with E-state index in [1.807, 2.05) is 0 Å². The summed E-state index contributed by atoms with van der Waals surface area (Å²) in [7, 11) is 0. The van der Waals surface area contributed by atoms with E-state index in [1.165, 1.54) is 21.2 Å². The van der Waals surface area contributed by atoms with Gasteiger partial charge in [0.1, 0.15) is 0 Å². The first-order chi connectivity index (χ1) is 5.83. The van der Waals surface area contributed by atoms with Crippen LogP contribution in [0, 0.1) is 6.92 Å². The van der Waals surface area contributed by atoms with E-state index in [0.29, 0.717) is 0 Å². The zero-order chi connectivity index (χ0) is 8.55. The lowest BCUT2D eigenvalue weighted by atomic mass is 10.1. The Balaban J connectivity index is 2.83. The van der Waals surface area contributed by atoms with E-state index < -0.39 is 0 Å². The fourth-order valence-corrected chi connectivity index (χ4v) is 2.87. The summed E-state index contributed by atoms with van der Waals surface area (Å²) in [4.78, 5) is 0. The van der Waals surface area contributed by atoms with Gasteiger partial charge in [-0.2, -0.15) is 12.6 Å². The van der Waals surface area contributed by atoms with Crippen molar-refractivity contribution >= 4 is 34.1 Å². The van der Waals surface area contributed by atoms with Crippen molar-refractivity contribution in [2.45, 2.75) is 12.7 Å². The smallest absolute Gasteiger partial charge is 0.0348 e. The molecule has 0 bridgehead atoms. The summed E-state index contributed by atoms with van der Waals surface area (Å²) < 4.78 is 1.37. The first-order valence-corrected chi connectivity index (χ1v) is 5.40. The van der Waals surface area contributed by atoms with Gasteiger partial charge < -0.3 is 0 Å². The van der Waals surface area contributed by atoms with Crippen molar-refractivity contribution in [3.63, 3.8) is 0 Å². The third kappa shape index (κ3) is 1.15. The molecular formula is C10H10S2. The van der Waals surface area contributed by atoms with E-state index in [0.717, 1.165) is 5.75 Å². The van der Waals surface area contributed by atoms with Crippen molar-refractivity contribution in [3.8, 4) is 0 Å². The van der Waals surface area contributed by atoms with Crippen LogP contribution < -0.4 is 0 Å². The maximum absolute atomic E-state index is 4.31. The molecule has 0 nitrogen and oxygen atoms in total. The Labute approximate surface area is 81.6 Å². The number of rotatable bonds is 1. The molecule has 0 amide bonds. The normalized spacial score (nSPS) is 10.8. The third-order valence-electron chi connectivity index (χ3n) is 2.05. The van der Waals surface area contributed by atoms with Gasteiger partial charge in [-0.3, -0.25) is 0 Å². The van der Waals surface area contributed by atoms with Crippen LogP contribution in [0.5, 0.6) is 0 Å². The molecule has 1 aromatic heterocycles. The zero-order valence-electron chi connectivity index (χ0n) is 6.87. The average molecular weight is 194 g/mol. The van der Waals surface area contributed by atoms with Crippen LogP contribution in [0.3, 0.4) is 0 Å². The van der Waals surface area contributed by atoms with Gasteiger partial charge in [0.05, 0.1) is 0 Å². The van der Waals surface area contributed by atoms with E-state index in [9.17, 15) is 0 Å². The van der Waals surface area contributed by atoms with Crippen LogP contribution in [0.4, 0.5) is 0 Å². The van der Waals surface area contributed by atoms with Crippen LogP contribution in [0.1, 0.15) is 11.1 Å². The zero-order valence-corrected chi connectivity index (χ0v) is 8.58. The molecule has 0 spiro atoms. The highest BCUT2D eigenvalue weighted by Gasteiger charge is 2.03. The second-order valence-electron chi connectivity index (χ2n) is 2.87. The predicted octanol–water partition coefficient (Wildman–Crippen LogP) is 3.64. The fourth-order valence-electron chi connectivity index (χ4n) is 1.46. The van der Waals surface area contributed by atoms with E-state index >= 15 is 0 Å². The van der Waals surface area contributed by atoms with Crippen molar-refractivity contribution in [2.75, 3.05) is 0 Å². The van der Waals surface area contributed by atoms with E-state index in [4.69, 9.17) is 0 Å². The lowest BCUT2D eigenvalue weighted by Crippen LogP contribution is -1.77. The van der Waals surface area contributed by atoms with Crippen molar-refractivity contribution in [3.05, 3.63) is 34.7 Å². The summed E-state index contributed by atoms with van der Waals surface area (Å²) in [6.45, 7) is 2.15. The maximum Gasteiger partial charge on any atom is 0.0348 e. The summed E-state index contributed by atoms with van der Waals surface area (Å²) >= 11 is 6.11. The molecule has 2 rings (SSSR count). The van der Waals surface area contributed by atoms with E-state index in [2.05, 4.69) is 43.1 Å². The first-order valence-electron chi connectivity index (χ1n) is 3.89. The summed E-state index contributed by atoms with van der Waals surface area (Å²) in [5.41, 5.74) is 2.72. The minimum atomic E-state index is 0.838. The second kappa shape index (κ2) is 3.11. The molecule has 0 aliphatic rings. The molecule has 0 aliphatic heterocycles. The number of fused-ring (bicyclic) bond motifs is 1. The molecule has 1 heterocycles. The molecule has 1 aromatic carbocycles. The Kier molecular flexibility index (Phi) is 2.11. The van der Waals surface area contributed by atoms with Crippen LogP contribution in [0.15, 0.2) is 23.6 Å². The number of aryl methyl sites for hydroxylation is 1. The largest absolute Gasteiger partial charge is 0.174 e. The van der Waals surface area contributed by atoms with Crippen molar-refractivity contribution in [2.24, 2.45) is 0 Å². The van der Waals surface area contributed by atoms with Gasteiger partial charge in [0.15, 0.2) is 0 Å². The van der Waals surface area contributed by atoms with Crippen LogP contribution in [0.2, 0.25) is 0 Å². The minimum Gasteiger partial charge on any atom is -0.174 e. The first kappa shape index (κ1) is 8.14. The maximum atomic E-state index is 4.31. The lowest BCUT2D eigenvalue weighted by Gasteiger charge is -1.97. The summed E-state index contributed by atoms with van der Waals surface area (Å²) in [5.74, 6) is 0.838. The SMILES string of the molecule is Cc1cccc2scc(CS)c12. The number of hydrogen-bond acceptors (Lipinski definition) is 2. The quantitative estimate of drug-likeness (QED) is 0.658. The summed E-state index contributed by atoms with van der Waals surface area (Å²) in [5, 5.41) is 3.60. The van der Waals surface area contributed by atoms with Crippen molar-refractivity contribution in [1.82, 2.24) is 0 Å². The molecule has 0 N–H and O–H groups in total. The molecule has 0 atom stereocenters. The van der Waals surface area contributed by atoms with Gasteiger partial charge in [-0.05, 0) is 34.9 Å². The van der Waals surface area contributed by atoms with Crippen LogP contribution >= 0.6 is 24.0 Å². The standard InChI is InChI=1S/C10H10S2/c1-7-3-2-4-9-10(7)8(5-11)6-12-9/h2-4,6,11H,5H2,1H3. The minimum absolute atomic E-state index is 0.838. The fraction of sp³-hybridized carbons (Fsp3) is 0.200. The highest BCUT2D eigenvalue weighted by molar-refractivity contribution is 7.79. The molecule has 62 valence electrons. The highest BCUT2D eigenvalue weighted by Crippen LogP contribution is 2.29. The molecule has 0 saturated heterocycles. The van der Waals surface area contributed by atoms with Gasteiger partial charge >= 0.3 is 0 Å². The van der Waals surface area contributed by atoms with Crippen LogP contribution in [0.25, 0.3) is 10.1 Å². The van der Waals surface area contributed by atoms with Crippen LogP contribution in [-0.4, -0.2) is 0 Å². The molecule has 12 heavy (non-hydrogen) atoms. The molecule has 0 unspecified atom stereocenters. The average Bonchev–Trinajstić information content (AvgIpc) is 2.49. The number of thiol groups is 1. The number of hydrogen-bond donors (Lipinski definition) is 1. The Morgan fingerprint density at radius 3 is 3.00 bits per heavy atom. The molecule has 0 aliphatic carbocycles. The van der Waals surface area contributed by atoms with Crippen LogP contribution in [-0.2, 0) is 5.75 Å². The topological polar surface area (TPSA) is 0 Å². The lowest BCUT2D eigenvalue weighted by molar-refractivity contribution is 1.47. The molecule has 0 fully saturated rings. The monoisotopic (exact) mass is 194 g/mol. The van der Waals surface area contributed by atoms with Gasteiger partial charge in [0.25, 0.3) is 0 Å². The Hall–Kier alpha value is -0.470. The van der Waals surface area contributed by atoms with E-state index in [-0.39, 0.29) is 0 Å². The van der Waals surface area contributed by atoms with Gasteiger partial charge in [-0.15, -0.1) is 11.3 Å². The Bertz CT molecular complexity index is 401. The molecule has 0 saturated carbocycles. The highest BCUT2D eigenvalue weighted by atomic mass is 32.1. The number of benzene rings is 1. The summed E-state index contributed by atoms with van der Waals surface area (Å²) in [6.07, 6.45) is 0. The van der Waals surface area contributed by atoms with Gasteiger partial charge in [-0.1, -0.05) is 12.1 Å². The van der Waals surface area contributed by atoms with Gasteiger partial charge in [0.2, 0.25) is 0 Å². The Morgan fingerprint density at radius 1 is 1.42 bits per heavy atom. The predicted molar refractivity (Wildman–Crippen MR) is 59.3 cm³/mol. The summed E-state index contributed by atoms with van der Waals surface area (Å²) in [6, 6.07) is 6.43. The molecular weight excluding hydrogens is 184 g/mol. The molecule has 2 aromatic rings. The molecule has 0 radical (unpaired) electrons. The molecule has 2 heteroatoms.